The van der Waals surface area contributed by atoms with Gasteiger partial charge >= 0.3 is 5.69 Å². The molecule has 2 heterocycles. The predicted molar refractivity (Wildman–Crippen MR) is 90.6 cm³/mol. The van der Waals surface area contributed by atoms with Crippen molar-refractivity contribution in [3.05, 3.63) is 45.9 Å². The van der Waals surface area contributed by atoms with Crippen LogP contribution in [-0.4, -0.2) is 34.1 Å². The molecule has 1 aromatic heterocycles. The Labute approximate surface area is 143 Å². The van der Waals surface area contributed by atoms with Crippen LogP contribution in [0.2, 0.25) is 0 Å². The molecule has 1 atom stereocenters. The molecule has 0 aliphatic carbocycles. The van der Waals surface area contributed by atoms with E-state index in [2.05, 4.69) is 20.6 Å². The molecule has 132 valence electrons. The molecular formula is C16H18FN5O3. The minimum absolute atomic E-state index is 0.0546. The molecule has 2 aromatic rings. The maximum Gasteiger partial charge on any atom is 0.332 e. The van der Waals surface area contributed by atoms with E-state index in [1.807, 2.05) is 0 Å². The van der Waals surface area contributed by atoms with Gasteiger partial charge in [-0.15, -0.1) is 0 Å². The lowest BCUT2D eigenvalue weighted by atomic mass is 10.2. The Kier molecular flexibility index (Phi) is 5.03. The molecule has 1 saturated heterocycles. The molecule has 0 amide bonds. The van der Waals surface area contributed by atoms with E-state index in [1.54, 1.807) is 6.92 Å². The highest BCUT2D eigenvalue weighted by Gasteiger charge is 2.23. The molecule has 25 heavy (non-hydrogen) atoms. The third-order valence-electron chi connectivity index (χ3n) is 3.86. The number of rotatable bonds is 6. The summed E-state index contributed by atoms with van der Waals surface area (Å²) in [5.74, 6) is -0.0556. The Morgan fingerprint density at radius 1 is 1.36 bits per heavy atom. The standard InChI is InChI=1S/C16H18FN5O3/c1-10-14(22(23)24)15(20-12-6-4-11(17)5-7-12)21-16(19-10)18-9-13-3-2-8-25-13/h4-7,13H,2-3,8-9H2,1H3,(H2,18,19,20,21)/t13-/m0/s1. The van der Waals surface area contributed by atoms with Gasteiger partial charge in [0.05, 0.1) is 11.0 Å². The maximum atomic E-state index is 13.0. The van der Waals surface area contributed by atoms with Gasteiger partial charge in [0.2, 0.25) is 11.8 Å². The smallest absolute Gasteiger partial charge is 0.332 e. The third-order valence-corrected chi connectivity index (χ3v) is 3.86. The maximum absolute atomic E-state index is 13.0. The Morgan fingerprint density at radius 3 is 2.76 bits per heavy atom. The SMILES string of the molecule is Cc1nc(NC[C@@H]2CCCO2)nc(Nc2ccc(F)cc2)c1[N+](=O)[O-]. The first kappa shape index (κ1) is 17.0. The van der Waals surface area contributed by atoms with Crippen LogP contribution >= 0.6 is 0 Å². The summed E-state index contributed by atoms with van der Waals surface area (Å²) >= 11 is 0. The van der Waals surface area contributed by atoms with Gasteiger partial charge in [0, 0.05) is 18.8 Å². The van der Waals surface area contributed by atoms with Gasteiger partial charge in [0.15, 0.2) is 0 Å². The van der Waals surface area contributed by atoms with Crippen LogP contribution in [0.25, 0.3) is 0 Å². The molecule has 2 N–H and O–H groups in total. The van der Waals surface area contributed by atoms with E-state index in [1.165, 1.54) is 24.3 Å². The molecule has 1 aliphatic rings. The minimum atomic E-state index is -0.537. The molecule has 3 rings (SSSR count). The van der Waals surface area contributed by atoms with Crippen molar-refractivity contribution in [1.82, 2.24) is 9.97 Å². The van der Waals surface area contributed by atoms with Crippen molar-refractivity contribution < 1.29 is 14.1 Å². The van der Waals surface area contributed by atoms with Gasteiger partial charge in [0.1, 0.15) is 11.5 Å². The van der Waals surface area contributed by atoms with E-state index in [0.29, 0.717) is 12.2 Å². The van der Waals surface area contributed by atoms with Crippen LogP contribution in [0.3, 0.4) is 0 Å². The van der Waals surface area contributed by atoms with E-state index in [0.717, 1.165) is 19.4 Å². The highest BCUT2D eigenvalue weighted by atomic mass is 19.1. The van der Waals surface area contributed by atoms with Gasteiger partial charge < -0.3 is 15.4 Å². The summed E-state index contributed by atoms with van der Waals surface area (Å²) in [5.41, 5.74) is 0.513. The molecule has 1 fully saturated rings. The number of hydrogen-bond donors (Lipinski definition) is 2. The van der Waals surface area contributed by atoms with Crippen LogP contribution in [0.4, 0.5) is 27.5 Å². The normalized spacial score (nSPS) is 16.6. The lowest BCUT2D eigenvalue weighted by Gasteiger charge is -2.13. The number of benzene rings is 1. The van der Waals surface area contributed by atoms with Crippen molar-refractivity contribution >= 4 is 23.1 Å². The molecule has 0 spiro atoms. The lowest BCUT2D eigenvalue weighted by molar-refractivity contribution is -0.385. The van der Waals surface area contributed by atoms with Gasteiger partial charge in [0.25, 0.3) is 0 Å². The fraction of sp³-hybridized carbons (Fsp3) is 0.375. The monoisotopic (exact) mass is 347 g/mol. The summed E-state index contributed by atoms with van der Waals surface area (Å²) in [4.78, 5) is 19.2. The number of halogens is 1. The molecular weight excluding hydrogens is 329 g/mol. The quantitative estimate of drug-likeness (QED) is 0.611. The summed E-state index contributed by atoms with van der Waals surface area (Å²) < 4.78 is 18.6. The van der Waals surface area contributed by atoms with Gasteiger partial charge in [-0.2, -0.15) is 4.98 Å². The second-order valence-electron chi connectivity index (χ2n) is 5.73. The third kappa shape index (κ3) is 4.18. The highest BCUT2D eigenvalue weighted by Crippen LogP contribution is 2.29. The van der Waals surface area contributed by atoms with Gasteiger partial charge in [-0.3, -0.25) is 10.1 Å². The van der Waals surface area contributed by atoms with Crippen LogP contribution < -0.4 is 10.6 Å². The van der Waals surface area contributed by atoms with Crippen molar-refractivity contribution in [2.24, 2.45) is 0 Å². The summed E-state index contributed by atoms with van der Waals surface area (Å²) in [6, 6.07) is 5.49. The number of anilines is 3. The Morgan fingerprint density at radius 2 is 2.12 bits per heavy atom. The van der Waals surface area contributed by atoms with Gasteiger partial charge in [-0.1, -0.05) is 0 Å². The van der Waals surface area contributed by atoms with E-state index >= 15 is 0 Å². The number of ether oxygens (including phenoxy) is 1. The Bertz CT molecular complexity index is 763. The highest BCUT2D eigenvalue weighted by molar-refractivity contribution is 5.68. The van der Waals surface area contributed by atoms with E-state index < -0.39 is 10.7 Å². The molecule has 0 unspecified atom stereocenters. The largest absolute Gasteiger partial charge is 0.376 e. The zero-order valence-corrected chi connectivity index (χ0v) is 13.7. The zero-order chi connectivity index (χ0) is 17.8. The predicted octanol–water partition coefficient (Wildman–Crippen LogP) is 3.17. The molecule has 0 radical (unpaired) electrons. The first-order valence-electron chi connectivity index (χ1n) is 7.94. The van der Waals surface area contributed by atoms with Crippen LogP contribution in [0.15, 0.2) is 24.3 Å². The minimum Gasteiger partial charge on any atom is -0.376 e. The fourth-order valence-electron chi connectivity index (χ4n) is 2.63. The topological polar surface area (TPSA) is 102 Å². The Hall–Kier alpha value is -2.81. The molecule has 0 bridgehead atoms. The number of nitrogens with zero attached hydrogens (tertiary/aromatic N) is 3. The summed E-state index contributed by atoms with van der Waals surface area (Å²) in [7, 11) is 0. The first-order valence-corrected chi connectivity index (χ1v) is 7.94. The zero-order valence-electron chi connectivity index (χ0n) is 13.7. The average Bonchev–Trinajstić information content (AvgIpc) is 3.08. The second-order valence-corrected chi connectivity index (χ2v) is 5.73. The van der Waals surface area contributed by atoms with Crippen molar-refractivity contribution in [3.8, 4) is 0 Å². The summed E-state index contributed by atoms with van der Waals surface area (Å²) in [6.07, 6.45) is 2.07. The van der Waals surface area contributed by atoms with Crippen LogP contribution in [0.1, 0.15) is 18.5 Å². The Balaban J connectivity index is 1.84. The first-order chi connectivity index (χ1) is 12.0. The number of hydrogen-bond acceptors (Lipinski definition) is 7. The number of aromatic nitrogens is 2. The molecule has 0 saturated carbocycles. The van der Waals surface area contributed by atoms with Crippen LogP contribution in [0.5, 0.6) is 0 Å². The van der Waals surface area contributed by atoms with Crippen LogP contribution in [0, 0.1) is 22.9 Å². The van der Waals surface area contributed by atoms with Crippen molar-refractivity contribution in [2.75, 3.05) is 23.8 Å². The van der Waals surface area contributed by atoms with Gasteiger partial charge in [-0.05, 0) is 44.0 Å². The average molecular weight is 347 g/mol. The molecule has 1 aliphatic heterocycles. The van der Waals surface area contributed by atoms with Crippen molar-refractivity contribution in [1.29, 1.82) is 0 Å². The van der Waals surface area contributed by atoms with E-state index in [4.69, 9.17) is 4.74 Å². The van der Waals surface area contributed by atoms with Crippen molar-refractivity contribution in [3.63, 3.8) is 0 Å². The van der Waals surface area contributed by atoms with E-state index in [9.17, 15) is 14.5 Å². The molecule has 9 heteroatoms. The second kappa shape index (κ2) is 7.39. The van der Waals surface area contributed by atoms with Crippen LogP contribution in [-0.2, 0) is 4.74 Å². The number of aryl methyl sites for hydroxylation is 1. The fourth-order valence-corrected chi connectivity index (χ4v) is 2.63. The number of nitro groups is 1. The van der Waals surface area contributed by atoms with Gasteiger partial charge in [-0.25, -0.2) is 9.37 Å². The summed E-state index contributed by atoms with van der Waals surface area (Å²) in [6.45, 7) is 2.82. The van der Waals surface area contributed by atoms with Crippen molar-refractivity contribution in [2.45, 2.75) is 25.9 Å². The lowest BCUT2D eigenvalue weighted by Crippen LogP contribution is -2.20. The summed E-state index contributed by atoms with van der Waals surface area (Å²) in [5, 5.41) is 17.3. The number of nitrogens with one attached hydrogen (secondary N) is 2. The molecule has 1 aromatic carbocycles. The molecule has 8 nitrogen and oxygen atoms in total. The van der Waals surface area contributed by atoms with E-state index in [-0.39, 0.29) is 29.3 Å².